The summed E-state index contributed by atoms with van der Waals surface area (Å²) < 4.78 is 8.40. The molecule has 114 valence electrons. The van der Waals surface area contributed by atoms with Crippen molar-refractivity contribution in [1.82, 2.24) is 15.2 Å². The van der Waals surface area contributed by atoms with Gasteiger partial charge < -0.3 is 4.74 Å². The first-order valence-electron chi connectivity index (χ1n) is 7.11. The van der Waals surface area contributed by atoms with E-state index in [1.165, 1.54) is 0 Å². The van der Waals surface area contributed by atoms with Crippen LogP contribution in [0, 0.1) is 0 Å². The molecule has 0 amide bonds. The third kappa shape index (κ3) is 3.64. The first-order chi connectivity index (χ1) is 10.2. The Hall–Kier alpha value is -1.37. The van der Waals surface area contributed by atoms with Crippen LogP contribution >= 0.6 is 15.9 Å². The summed E-state index contributed by atoms with van der Waals surface area (Å²) in [5, 5.41) is 4.40. The van der Waals surface area contributed by atoms with E-state index < -0.39 is 0 Å². The molecule has 0 radical (unpaired) electrons. The van der Waals surface area contributed by atoms with Crippen LogP contribution in [0.2, 0.25) is 0 Å². The van der Waals surface area contributed by atoms with Crippen molar-refractivity contribution >= 4 is 15.9 Å². The molecule has 1 atom stereocenters. The van der Waals surface area contributed by atoms with Crippen molar-refractivity contribution in [3.05, 3.63) is 46.2 Å². The van der Waals surface area contributed by atoms with E-state index in [0.717, 1.165) is 34.4 Å². The van der Waals surface area contributed by atoms with Crippen LogP contribution in [0.3, 0.4) is 0 Å². The molecule has 0 aliphatic heterocycles. The number of rotatable bonds is 7. The quantitative estimate of drug-likeness (QED) is 0.593. The second-order valence-electron chi connectivity index (χ2n) is 4.70. The molecule has 0 spiro atoms. The Bertz CT molecular complexity index is 568. The molecule has 2 rings (SSSR count). The number of aromatic nitrogens is 2. The van der Waals surface area contributed by atoms with Crippen LogP contribution in [0.5, 0.6) is 5.75 Å². The summed E-state index contributed by atoms with van der Waals surface area (Å²) in [6.07, 6.45) is 2.82. The van der Waals surface area contributed by atoms with Crippen molar-refractivity contribution in [2.24, 2.45) is 5.84 Å². The van der Waals surface area contributed by atoms with Gasteiger partial charge in [-0.2, -0.15) is 5.10 Å². The van der Waals surface area contributed by atoms with Gasteiger partial charge in [-0.15, -0.1) is 0 Å². The molecular weight excluding hydrogens is 332 g/mol. The molecule has 0 aliphatic rings. The van der Waals surface area contributed by atoms with E-state index in [0.29, 0.717) is 6.61 Å². The van der Waals surface area contributed by atoms with Crippen LogP contribution in [-0.2, 0) is 6.54 Å². The number of halogens is 1. The van der Waals surface area contributed by atoms with Gasteiger partial charge in [0.15, 0.2) is 0 Å². The second kappa shape index (κ2) is 7.59. The summed E-state index contributed by atoms with van der Waals surface area (Å²) >= 11 is 3.56. The number of nitrogens with zero attached hydrogens (tertiary/aromatic N) is 2. The summed E-state index contributed by atoms with van der Waals surface area (Å²) in [5.41, 5.74) is 4.98. The molecule has 0 aliphatic carbocycles. The SMILES string of the molecule is CCCn1ncc(Br)c1C(NN)c1ccc(OCC)cc1. The maximum atomic E-state index is 5.78. The minimum atomic E-state index is -0.121. The van der Waals surface area contributed by atoms with Crippen molar-refractivity contribution in [2.45, 2.75) is 32.9 Å². The molecule has 0 bridgehead atoms. The van der Waals surface area contributed by atoms with Gasteiger partial charge in [-0.1, -0.05) is 19.1 Å². The van der Waals surface area contributed by atoms with Gasteiger partial charge >= 0.3 is 0 Å². The summed E-state index contributed by atoms with van der Waals surface area (Å²) in [7, 11) is 0. The maximum absolute atomic E-state index is 5.78. The van der Waals surface area contributed by atoms with E-state index in [2.05, 4.69) is 33.4 Å². The number of hydrogen-bond acceptors (Lipinski definition) is 4. The van der Waals surface area contributed by atoms with Crippen molar-refractivity contribution < 1.29 is 4.74 Å². The van der Waals surface area contributed by atoms with Crippen LogP contribution in [0.15, 0.2) is 34.9 Å². The zero-order chi connectivity index (χ0) is 15.2. The lowest BCUT2D eigenvalue weighted by Crippen LogP contribution is -2.31. The van der Waals surface area contributed by atoms with Crippen molar-refractivity contribution in [1.29, 1.82) is 0 Å². The Labute approximate surface area is 133 Å². The molecule has 1 aromatic heterocycles. The fourth-order valence-corrected chi connectivity index (χ4v) is 2.83. The van der Waals surface area contributed by atoms with Gasteiger partial charge in [0.1, 0.15) is 5.75 Å². The van der Waals surface area contributed by atoms with Crippen molar-refractivity contribution in [3.63, 3.8) is 0 Å². The molecule has 6 heteroatoms. The molecule has 5 nitrogen and oxygen atoms in total. The van der Waals surface area contributed by atoms with Gasteiger partial charge in [0.05, 0.1) is 29.0 Å². The molecular formula is C15H21BrN4O. The average Bonchev–Trinajstić information content (AvgIpc) is 2.84. The van der Waals surface area contributed by atoms with E-state index in [1.807, 2.05) is 42.1 Å². The molecule has 0 saturated heterocycles. The number of aryl methyl sites for hydroxylation is 1. The molecule has 21 heavy (non-hydrogen) atoms. The van der Waals surface area contributed by atoms with Gasteiger partial charge in [-0.3, -0.25) is 10.5 Å². The summed E-state index contributed by atoms with van der Waals surface area (Å²) in [6.45, 7) is 5.61. The van der Waals surface area contributed by atoms with Crippen molar-refractivity contribution in [2.75, 3.05) is 6.61 Å². The summed E-state index contributed by atoms with van der Waals surface area (Å²) in [5.74, 6) is 6.64. The molecule has 0 fully saturated rings. The average molecular weight is 353 g/mol. The van der Waals surface area contributed by atoms with E-state index in [1.54, 1.807) is 0 Å². The Morgan fingerprint density at radius 3 is 2.62 bits per heavy atom. The van der Waals surface area contributed by atoms with Crippen LogP contribution < -0.4 is 16.0 Å². The predicted molar refractivity (Wildman–Crippen MR) is 87.0 cm³/mol. The number of hydrogen-bond donors (Lipinski definition) is 2. The van der Waals surface area contributed by atoms with E-state index in [4.69, 9.17) is 10.6 Å². The Balaban J connectivity index is 2.32. The lowest BCUT2D eigenvalue weighted by Gasteiger charge is -2.19. The Kier molecular flexibility index (Phi) is 5.78. The lowest BCUT2D eigenvalue weighted by atomic mass is 10.0. The number of benzene rings is 1. The zero-order valence-corrected chi connectivity index (χ0v) is 13.9. The van der Waals surface area contributed by atoms with Gasteiger partial charge in [0, 0.05) is 6.54 Å². The minimum absolute atomic E-state index is 0.121. The molecule has 1 aromatic carbocycles. The molecule has 1 unspecified atom stereocenters. The Morgan fingerprint density at radius 1 is 1.33 bits per heavy atom. The van der Waals surface area contributed by atoms with Crippen LogP contribution in [-0.4, -0.2) is 16.4 Å². The summed E-state index contributed by atoms with van der Waals surface area (Å²) in [4.78, 5) is 0. The number of nitrogens with one attached hydrogen (secondary N) is 1. The van der Waals surface area contributed by atoms with Gasteiger partial charge in [-0.05, 0) is 47.0 Å². The van der Waals surface area contributed by atoms with Crippen LogP contribution in [0.25, 0.3) is 0 Å². The van der Waals surface area contributed by atoms with Crippen LogP contribution in [0.1, 0.15) is 37.6 Å². The smallest absolute Gasteiger partial charge is 0.119 e. The first kappa shape index (κ1) is 16.0. The van der Waals surface area contributed by atoms with E-state index in [9.17, 15) is 0 Å². The topological polar surface area (TPSA) is 65.1 Å². The highest BCUT2D eigenvalue weighted by atomic mass is 79.9. The second-order valence-corrected chi connectivity index (χ2v) is 5.56. The van der Waals surface area contributed by atoms with Crippen molar-refractivity contribution in [3.8, 4) is 5.75 Å². The van der Waals surface area contributed by atoms with E-state index in [-0.39, 0.29) is 6.04 Å². The fourth-order valence-electron chi connectivity index (χ4n) is 2.31. The van der Waals surface area contributed by atoms with Crippen LogP contribution in [0.4, 0.5) is 0 Å². The Morgan fingerprint density at radius 2 is 2.05 bits per heavy atom. The van der Waals surface area contributed by atoms with Gasteiger partial charge in [-0.25, -0.2) is 5.43 Å². The monoisotopic (exact) mass is 352 g/mol. The van der Waals surface area contributed by atoms with E-state index >= 15 is 0 Å². The third-order valence-electron chi connectivity index (χ3n) is 3.23. The molecule has 3 N–H and O–H groups in total. The zero-order valence-electron chi connectivity index (χ0n) is 12.3. The maximum Gasteiger partial charge on any atom is 0.119 e. The number of hydrazine groups is 1. The minimum Gasteiger partial charge on any atom is -0.494 e. The largest absolute Gasteiger partial charge is 0.494 e. The third-order valence-corrected chi connectivity index (χ3v) is 3.84. The predicted octanol–water partition coefficient (Wildman–Crippen LogP) is 3.01. The lowest BCUT2D eigenvalue weighted by molar-refractivity contribution is 0.340. The molecule has 0 saturated carbocycles. The standard InChI is InChI=1S/C15H21BrN4O/c1-3-9-20-15(13(16)10-18-20)14(19-17)11-5-7-12(8-6-11)21-4-2/h5-8,10,14,19H,3-4,9,17H2,1-2H3. The highest BCUT2D eigenvalue weighted by molar-refractivity contribution is 9.10. The normalized spacial score (nSPS) is 12.4. The first-order valence-corrected chi connectivity index (χ1v) is 7.90. The number of ether oxygens (including phenoxy) is 1. The number of nitrogens with two attached hydrogens (primary N) is 1. The highest BCUT2D eigenvalue weighted by Crippen LogP contribution is 2.29. The molecule has 1 heterocycles. The summed E-state index contributed by atoms with van der Waals surface area (Å²) in [6, 6.07) is 7.83. The molecule has 2 aromatic rings. The fraction of sp³-hybridized carbons (Fsp3) is 0.400. The van der Waals surface area contributed by atoms with Gasteiger partial charge in [0.2, 0.25) is 0 Å². The highest BCUT2D eigenvalue weighted by Gasteiger charge is 2.20. The van der Waals surface area contributed by atoms with Gasteiger partial charge in [0.25, 0.3) is 0 Å².